The summed E-state index contributed by atoms with van der Waals surface area (Å²) in [5, 5.41) is 30.7. The molecule has 0 aromatic rings. The van der Waals surface area contributed by atoms with Crippen molar-refractivity contribution in [2.45, 2.75) is 49.7 Å². The second kappa shape index (κ2) is 13.6. The molecule has 3 N–H and O–H groups in total. The quantitative estimate of drug-likeness (QED) is 0.163. The number of imide groups is 1. The monoisotopic (exact) mass is 503 g/mol. The molecule has 33 heavy (non-hydrogen) atoms. The molecule has 3 amide bonds. The molecule has 0 spiro atoms. The molecule has 3 atom stereocenters. The molecule has 15 heteroatoms. The predicted molar refractivity (Wildman–Crippen MR) is 101 cm³/mol. The van der Waals surface area contributed by atoms with Gasteiger partial charge in [0.15, 0.2) is 0 Å². The largest absolute Gasteiger partial charge is 1.00 e. The Labute approximate surface area is 238 Å². The number of fused-ring (bicyclic) bond motifs is 1. The van der Waals surface area contributed by atoms with Crippen LogP contribution in [0.25, 0.3) is 0 Å². The molecular formula is C18H23N3Na2O9S. The van der Waals surface area contributed by atoms with Crippen molar-refractivity contribution < 1.29 is 103 Å². The van der Waals surface area contributed by atoms with Crippen LogP contribution >= 0.6 is 11.8 Å². The standard InChI is InChI=1S/C18H25N3O9S.2Na/c1-3-11(23)21(12(24)6-4-5-10(19)14(25)26)18(30-2)16(29)20-13(15(27)28)9(7-22)8-31-17(18)20;;/h10,17,22H,3-8,19H2,1-2H3,(H,25,26)(H,27,28);;/q;2*+1/p-2/t10?,17-,18?;;/m0../s1. The Morgan fingerprint density at radius 1 is 1.30 bits per heavy atom. The van der Waals surface area contributed by atoms with E-state index < -0.39 is 59.1 Å². The zero-order chi connectivity index (χ0) is 23.5. The molecule has 2 aliphatic rings. The summed E-state index contributed by atoms with van der Waals surface area (Å²) in [6.45, 7) is 0.866. The first-order valence-electron chi connectivity index (χ1n) is 9.45. The summed E-state index contributed by atoms with van der Waals surface area (Å²) in [5.74, 6) is -5.62. The maximum absolute atomic E-state index is 13.1. The van der Waals surface area contributed by atoms with Gasteiger partial charge in [-0.1, -0.05) is 6.92 Å². The van der Waals surface area contributed by atoms with Crippen LogP contribution in [0.3, 0.4) is 0 Å². The molecule has 0 aromatic heterocycles. The number of carboxylic acid groups (broad SMARTS) is 2. The van der Waals surface area contributed by atoms with Crippen LogP contribution in [0.1, 0.15) is 32.6 Å². The van der Waals surface area contributed by atoms with E-state index in [2.05, 4.69) is 0 Å². The Kier molecular flexibility index (Phi) is 13.4. The van der Waals surface area contributed by atoms with Crippen LogP contribution in [-0.2, 0) is 28.7 Å². The third kappa shape index (κ3) is 6.02. The average molecular weight is 503 g/mol. The van der Waals surface area contributed by atoms with Gasteiger partial charge in [0.25, 0.3) is 11.6 Å². The number of ether oxygens (including phenoxy) is 1. The predicted octanol–water partition coefficient (Wildman–Crippen LogP) is -9.74. The third-order valence-corrected chi connectivity index (χ3v) is 6.48. The number of nitrogens with zero attached hydrogens (tertiary/aromatic N) is 2. The molecule has 0 aromatic carbocycles. The number of β-lactam (4-membered cyclic amide) rings is 1. The number of carbonyl (C=O) groups is 5. The number of aliphatic hydroxyl groups excluding tert-OH is 1. The van der Waals surface area contributed by atoms with Crippen LogP contribution in [0.2, 0.25) is 0 Å². The molecular weight excluding hydrogens is 480 g/mol. The van der Waals surface area contributed by atoms with E-state index >= 15 is 0 Å². The van der Waals surface area contributed by atoms with Crippen molar-refractivity contribution in [3.05, 3.63) is 11.3 Å². The van der Waals surface area contributed by atoms with Crippen LogP contribution < -0.4 is 75.1 Å². The van der Waals surface area contributed by atoms with Crippen LogP contribution in [0, 0.1) is 0 Å². The molecule has 1 saturated heterocycles. The first kappa shape index (κ1) is 32.5. The van der Waals surface area contributed by atoms with Crippen LogP contribution in [0.15, 0.2) is 11.3 Å². The van der Waals surface area contributed by atoms with Crippen molar-refractivity contribution >= 4 is 41.4 Å². The van der Waals surface area contributed by atoms with E-state index in [1.807, 2.05) is 0 Å². The van der Waals surface area contributed by atoms with Gasteiger partial charge in [-0.3, -0.25) is 19.3 Å². The number of thioether (sulfide) groups is 1. The summed E-state index contributed by atoms with van der Waals surface area (Å²) in [5.41, 5.74) is 2.84. The molecule has 172 valence electrons. The van der Waals surface area contributed by atoms with Crippen molar-refractivity contribution in [2.75, 3.05) is 19.5 Å². The normalized spacial score (nSPS) is 22.2. The second-order valence-electron chi connectivity index (χ2n) is 6.93. The Morgan fingerprint density at radius 3 is 2.36 bits per heavy atom. The Balaban J connectivity index is 0.00000512. The van der Waals surface area contributed by atoms with E-state index in [-0.39, 0.29) is 96.1 Å². The molecule has 0 saturated carbocycles. The molecule has 12 nitrogen and oxygen atoms in total. The summed E-state index contributed by atoms with van der Waals surface area (Å²) in [6.07, 6.45) is -0.521. The van der Waals surface area contributed by atoms with E-state index in [9.17, 15) is 39.3 Å². The Morgan fingerprint density at radius 2 is 1.91 bits per heavy atom. The number of amides is 3. The third-order valence-electron chi connectivity index (χ3n) is 5.12. The van der Waals surface area contributed by atoms with Gasteiger partial charge in [-0.25, -0.2) is 4.90 Å². The molecule has 2 aliphatic heterocycles. The number of carbonyl (C=O) groups excluding carboxylic acids is 5. The van der Waals surface area contributed by atoms with Gasteiger partial charge in [-0.2, -0.15) is 0 Å². The van der Waals surface area contributed by atoms with Gasteiger partial charge in [0.05, 0.1) is 24.2 Å². The van der Waals surface area contributed by atoms with Crippen molar-refractivity contribution in [1.29, 1.82) is 0 Å². The molecule has 2 heterocycles. The zero-order valence-corrected chi connectivity index (χ0v) is 23.8. The summed E-state index contributed by atoms with van der Waals surface area (Å²) in [7, 11) is 1.12. The van der Waals surface area contributed by atoms with Crippen LogP contribution in [0.5, 0.6) is 0 Å². The fraction of sp³-hybridized carbons (Fsp3) is 0.611. The fourth-order valence-electron chi connectivity index (χ4n) is 3.54. The van der Waals surface area contributed by atoms with Crippen molar-refractivity contribution in [3.8, 4) is 0 Å². The summed E-state index contributed by atoms with van der Waals surface area (Å²) >= 11 is 1.03. The topological polar surface area (TPSA) is 193 Å². The maximum atomic E-state index is 13.1. The Bertz CT molecular complexity index is 841. The minimum absolute atomic E-state index is 0. The maximum Gasteiger partial charge on any atom is 1.00 e. The number of carboxylic acids is 2. The summed E-state index contributed by atoms with van der Waals surface area (Å²) < 4.78 is 5.37. The smallest absolute Gasteiger partial charge is 0.548 e. The van der Waals surface area contributed by atoms with Crippen molar-refractivity contribution in [1.82, 2.24) is 9.80 Å². The molecule has 0 radical (unpaired) electrons. The van der Waals surface area contributed by atoms with E-state index in [1.54, 1.807) is 0 Å². The van der Waals surface area contributed by atoms with Gasteiger partial charge < -0.3 is 35.4 Å². The van der Waals surface area contributed by atoms with Crippen LogP contribution in [0.4, 0.5) is 0 Å². The van der Waals surface area contributed by atoms with E-state index in [1.165, 1.54) is 6.92 Å². The number of hydrogen-bond donors (Lipinski definition) is 2. The second-order valence-corrected chi connectivity index (χ2v) is 8.00. The number of methoxy groups -OCH3 is 1. The fourth-order valence-corrected chi connectivity index (χ4v) is 5.00. The molecule has 0 bridgehead atoms. The molecule has 1 fully saturated rings. The number of rotatable bonds is 10. The van der Waals surface area contributed by atoms with E-state index in [0.29, 0.717) is 4.90 Å². The number of aliphatic hydroxyl groups is 1. The van der Waals surface area contributed by atoms with Gasteiger partial charge in [-0.05, 0) is 18.4 Å². The van der Waals surface area contributed by atoms with Gasteiger partial charge >= 0.3 is 59.1 Å². The van der Waals surface area contributed by atoms with Crippen molar-refractivity contribution in [2.24, 2.45) is 5.73 Å². The molecule has 0 aliphatic carbocycles. The average Bonchev–Trinajstić information content (AvgIpc) is 2.74. The summed E-state index contributed by atoms with van der Waals surface area (Å²) in [4.78, 5) is 62.5. The first-order valence-corrected chi connectivity index (χ1v) is 10.5. The van der Waals surface area contributed by atoms with Gasteiger partial charge in [0.1, 0.15) is 5.37 Å². The van der Waals surface area contributed by atoms with Crippen molar-refractivity contribution in [3.63, 3.8) is 0 Å². The molecule has 2 unspecified atom stereocenters. The number of hydrogen-bond acceptors (Lipinski definition) is 11. The molecule has 2 rings (SSSR count). The number of nitrogens with two attached hydrogens (primary N) is 1. The Hall–Kier alpha value is -0.480. The van der Waals surface area contributed by atoms with Crippen LogP contribution in [-0.4, -0.2) is 81.2 Å². The zero-order valence-electron chi connectivity index (χ0n) is 19.0. The van der Waals surface area contributed by atoms with Gasteiger partial charge in [0, 0.05) is 31.7 Å². The minimum Gasteiger partial charge on any atom is -0.548 e. The number of aliphatic carboxylic acids is 2. The first-order chi connectivity index (χ1) is 14.6. The van der Waals surface area contributed by atoms with Gasteiger partial charge in [-0.15, -0.1) is 11.8 Å². The van der Waals surface area contributed by atoms with E-state index in [0.717, 1.165) is 23.8 Å². The van der Waals surface area contributed by atoms with Gasteiger partial charge in [0.2, 0.25) is 11.8 Å². The minimum atomic E-state index is -2.08. The van der Waals surface area contributed by atoms with E-state index in [4.69, 9.17) is 10.5 Å². The SMILES string of the molecule is CCC(=O)N(C(=O)CCCC(N)C(=O)[O-])C1(OC)C(=O)N2C(C(=O)[O-])=C(CO)CS[C@H]21.[Na+].[Na+]. The summed E-state index contributed by atoms with van der Waals surface area (Å²) in [6, 6.07) is -1.29.